The third-order valence-electron chi connectivity index (χ3n) is 6.91. The smallest absolute Gasteiger partial charge is 0.307 e. The summed E-state index contributed by atoms with van der Waals surface area (Å²) in [5, 5.41) is 2.38. The van der Waals surface area contributed by atoms with Gasteiger partial charge in [0.15, 0.2) is 9.84 Å². The molecule has 0 unspecified atom stereocenters. The second-order valence-corrected chi connectivity index (χ2v) is 11.9. The Bertz CT molecular complexity index is 1300. The zero-order valence-corrected chi connectivity index (χ0v) is 22.8. The summed E-state index contributed by atoms with van der Waals surface area (Å²) in [6, 6.07) is 14.9. The first-order chi connectivity index (χ1) is 17.9. The molecule has 1 fully saturated rings. The summed E-state index contributed by atoms with van der Waals surface area (Å²) in [5.74, 6) is -0.164. The number of rotatable bonds is 11. The molecule has 1 saturated heterocycles. The number of nitrogens with zero attached hydrogens (tertiary/aromatic N) is 3. The molecule has 0 bridgehead atoms. The van der Waals surface area contributed by atoms with Crippen LogP contribution < -0.4 is 4.90 Å². The Labute approximate surface area is 224 Å². The van der Waals surface area contributed by atoms with E-state index in [2.05, 4.69) is 14.8 Å². The summed E-state index contributed by atoms with van der Waals surface area (Å²) in [4.78, 5) is 21.1. The Hall–Kier alpha value is -2.68. The summed E-state index contributed by atoms with van der Waals surface area (Å²) >= 11 is 6.06. The van der Waals surface area contributed by atoms with Crippen molar-refractivity contribution in [3.05, 3.63) is 65.9 Å². The van der Waals surface area contributed by atoms with E-state index in [9.17, 15) is 13.2 Å². The van der Waals surface area contributed by atoms with Gasteiger partial charge in [-0.3, -0.25) is 14.7 Å². The molecule has 1 aromatic heterocycles. The number of fused-ring (bicyclic) bond motifs is 1. The van der Waals surface area contributed by atoms with Crippen molar-refractivity contribution >= 4 is 43.9 Å². The highest BCUT2D eigenvalue weighted by atomic mass is 35.5. The molecule has 7 nitrogen and oxygen atoms in total. The number of ether oxygens (including phenoxy) is 1. The van der Waals surface area contributed by atoms with Crippen LogP contribution >= 0.6 is 11.6 Å². The first-order valence-electron chi connectivity index (χ1n) is 12.8. The van der Waals surface area contributed by atoms with E-state index in [1.54, 1.807) is 43.6 Å². The minimum absolute atomic E-state index is 0.0534. The number of anilines is 1. The SMILES string of the molecule is CCOC(=O)CCN(CCCS(=O)(=O)c1ccc2cc(Cl)ccc2c1)C1CCN(c2ccncc2)CC1. The van der Waals surface area contributed by atoms with Crippen LogP contribution in [0.25, 0.3) is 10.8 Å². The predicted octanol–water partition coefficient (Wildman–Crippen LogP) is 4.98. The third-order valence-corrected chi connectivity index (χ3v) is 8.94. The molecule has 0 N–H and O–H groups in total. The minimum atomic E-state index is -3.44. The summed E-state index contributed by atoms with van der Waals surface area (Å²) in [7, 11) is -3.44. The van der Waals surface area contributed by atoms with Crippen LogP contribution in [0.5, 0.6) is 0 Å². The molecule has 9 heteroatoms. The average molecular weight is 544 g/mol. The number of hydrogen-bond donors (Lipinski definition) is 0. The average Bonchev–Trinajstić information content (AvgIpc) is 2.91. The molecule has 37 heavy (non-hydrogen) atoms. The fourth-order valence-corrected chi connectivity index (χ4v) is 6.46. The maximum Gasteiger partial charge on any atom is 0.307 e. The van der Waals surface area contributed by atoms with Gasteiger partial charge < -0.3 is 9.64 Å². The van der Waals surface area contributed by atoms with E-state index in [0.717, 1.165) is 42.4 Å². The van der Waals surface area contributed by atoms with Gasteiger partial charge in [0.25, 0.3) is 0 Å². The van der Waals surface area contributed by atoms with Crippen molar-refractivity contribution in [2.24, 2.45) is 0 Å². The summed E-state index contributed by atoms with van der Waals surface area (Å²) in [6.45, 7) is 5.15. The van der Waals surface area contributed by atoms with E-state index >= 15 is 0 Å². The first-order valence-corrected chi connectivity index (χ1v) is 14.9. The number of esters is 1. The molecule has 0 spiro atoms. The molecule has 0 atom stereocenters. The molecule has 198 valence electrons. The van der Waals surface area contributed by atoms with Gasteiger partial charge in [-0.1, -0.05) is 23.7 Å². The lowest BCUT2D eigenvalue weighted by molar-refractivity contribution is -0.143. The van der Waals surface area contributed by atoms with E-state index < -0.39 is 9.84 Å². The fraction of sp³-hybridized carbons (Fsp3) is 0.429. The van der Waals surface area contributed by atoms with Gasteiger partial charge in [0, 0.05) is 48.8 Å². The van der Waals surface area contributed by atoms with Gasteiger partial charge in [-0.05, 0) is 79.9 Å². The van der Waals surface area contributed by atoms with Crippen LogP contribution in [0, 0.1) is 0 Å². The number of benzene rings is 2. The van der Waals surface area contributed by atoms with Crippen molar-refractivity contribution < 1.29 is 17.9 Å². The largest absolute Gasteiger partial charge is 0.466 e. The van der Waals surface area contributed by atoms with Gasteiger partial charge in [-0.15, -0.1) is 0 Å². The van der Waals surface area contributed by atoms with Gasteiger partial charge >= 0.3 is 5.97 Å². The molecule has 2 heterocycles. The lowest BCUT2D eigenvalue weighted by atomic mass is 10.0. The van der Waals surface area contributed by atoms with Crippen molar-refractivity contribution in [3.63, 3.8) is 0 Å². The predicted molar refractivity (Wildman–Crippen MR) is 148 cm³/mol. The highest BCUT2D eigenvalue weighted by Gasteiger charge is 2.26. The molecule has 1 aliphatic rings. The molecule has 4 rings (SSSR count). The second kappa shape index (κ2) is 12.7. The van der Waals surface area contributed by atoms with Crippen molar-refractivity contribution in [1.29, 1.82) is 0 Å². The van der Waals surface area contributed by atoms with Crippen molar-refractivity contribution in [1.82, 2.24) is 9.88 Å². The normalized spacial score (nSPS) is 14.8. The Morgan fingerprint density at radius 3 is 2.49 bits per heavy atom. The van der Waals surface area contributed by atoms with Crippen molar-refractivity contribution in [3.8, 4) is 0 Å². The number of sulfone groups is 1. The van der Waals surface area contributed by atoms with Gasteiger partial charge in [0.1, 0.15) is 0 Å². The third kappa shape index (κ3) is 7.43. The Morgan fingerprint density at radius 2 is 1.76 bits per heavy atom. The summed E-state index contributed by atoms with van der Waals surface area (Å²) in [5.41, 5.74) is 1.16. The molecule has 2 aromatic carbocycles. The summed E-state index contributed by atoms with van der Waals surface area (Å²) < 4.78 is 31.4. The van der Waals surface area contributed by atoms with E-state index in [0.29, 0.717) is 48.5 Å². The standard InChI is InChI=1S/C28H34ClN3O4S/c1-2-36-28(33)12-18-31(26-10-16-32(17-11-26)25-8-13-30-14-9-25)15-3-19-37(34,35)27-7-5-22-20-24(29)6-4-23(22)21-27/h4-9,13-14,20-21,26H,2-3,10-12,15-19H2,1H3. The Kier molecular flexibility index (Phi) is 9.40. The lowest BCUT2D eigenvalue weighted by Crippen LogP contribution is -2.46. The number of carbonyl (C=O) groups is 1. The molecule has 0 saturated carbocycles. The second-order valence-electron chi connectivity index (χ2n) is 9.34. The molecule has 3 aromatic rings. The van der Waals surface area contributed by atoms with Crippen LogP contribution in [0.4, 0.5) is 5.69 Å². The number of carbonyl (C=O) groups excluding carboxylic acids is 1. The zero-order valence-electron chi connectivity index (χ0n) is 21.2. The van der Waals surface area contributed by atoms with E-state index in [1.165, 1.54) is 0 Å². The van der Waals surface area contributed by atoms with Crippen LogP contribution in [0.2, 0.25) is 5.02 Å². The fourth-order valence-electron chi connectivity index (χ4n) is 4.95. The van der Waals surface area contributed by atoms with Crippen LogP contribution in [0.1, 0.15) is 32.6 Å². The molecule has 0 amide bonds. The van der Waals surface area contributed by atoms with Gasteiger partial charge in [0.2, 0.25) is 0 Å². The molecule has 0 radical (unpaired) electrons. The number of hydrogen-bond acceptors (Lipinski definition) is 7. The van der Waals surface area contributed by atoms with Gasteiger partial charge in [-0.25, -0.2) is 8.42 Å². The van der Waals surface area contributed by atoms with E-state index in [1.807, 2.05) is 24.3 Å². The molecular formula is C28H34ClN3O4S. The van der Waals surface area contributed by atoms with Crippen molar-refractivity contribution in [2.45, 2.75) is 43.5 Å². The minimum Gasteiger partial charge on any atom is -0.466 e. The quantitative estimate of drug-likeness (QED) is 0.316. The zero-order chi connectivity index (χ0) is 26.3. The topological polar surface area (TPSA) is 79.8 Å². The molecule has 1 aliphatic heterocycles. The summed E-state index contributed by atoms with van der Waals surface area (Å²) in [6.07, 6.45) is 6.30. The monoisotopic (exact) mass is 543 g/mol. The van der Waals surface area contributed by atoms with Crippen LogP contribution in [-0.4, -0.2) is 68.9 Å². The number of pyridine rings is 1. The first kappa shape index (κ1) is 27.4. The highest BCUT2D eigenvalue weighted by Crippen LogP contribution is 2.25. The Balaban J connectivity index is 1.38. The Morgan fingerprint density at radius 1 is 1.05 bits per heavy atom. The number of aromatic nitrogens is 1. The van der Waals surface area contributed by atoms with Gasteiger partial charge in [0.05, 0.1) is 23.7 Å². The van der Waals surface area contributed by atoms with Crippen LogP contribution in [-0.2, 0) is 19.4 Å². The maximum atomic E-state index is 13.1. The van der Waals surface area contributed by atoms with E-state index in [4.69, 9.17) is 16.3 Å². The molecular weight excluding hydrogens is 510 g/mol. The number of piperidine rings is 1. The maximum absolute atomic E-state index is 13.1. The van der Waals surface area contributed by atoms with Crippen LogP contribution in [0.3, 0.4) is 0 Å². The number of halogens is 1. The van der Waals surface area contributed by atoms with Gasteiger partial charge in [-0.2, -0.15) is 0 Å². The van der Waals surface area contributed by atoms with Crippen molar-refractivity contribution in [2.75, 3.05) is 43.4 Å². The van der Waals surface area contributed by atoms with E-state index in [-0.39, 0.29) is 11.7 Å². The molecule has 0 aliphatic carbocycles. The lowest BCUT2D eigenvalue weighted by Gasteiger charge is -2.39. The van der Waals surface area contributed by atoms with Crippen LogP contribution in [0.15, 0.2) is 65.8 Å². The highest BCUT2D eigenvalue weighted by molar-refractivity contribution is 7.91.